The van der Waals surface area contributed by atoms with E-state index in [1.807, 2.05) is 0 Å². The minimum atomic E-state index is -4.48. The molecule has 1 atom stereocenters. The SMILES string of the molecule is Cc1cc(C(F)(F)F)ccc1C(=O)C1CCCCS1(=O)=O. The maximum absolute atomic E-state index is 12.6. The molecule has 0 bridgehead atoms. The van der Waals surface area contributed by atoms with Crippen LogP contribution in [0.2, 0.25) is 0 Å². The molecule has 1 aromatic rings. The summed E-state index contributed by atoms with van der Waals surface area (Å²) < 4.78 is 61.7. The number of Topliss-reactive ketones (excluding diaryl/α,β-unsaturated/α-hetero) is 1. The van der Waals surface area contributed by atoms with Gasteiger partial charge in [0.25, 0.3) is 0 Å². The standard InChI is InChI=1S/C14H15F3O3S/c1-9-8-10(14(15,16)17)5-6-11(9)13(18)12-4-2-3-7-21(12,19)20/h5-6,8,12H,2-4,7H2,1H3. The lowest BCUT2D eigenvalue weighted by molar-refractivity contribution is -0.137. The molecule has 0 saturated carbocycles. The second-order valence-electron chi connectivity index (χ2n) is 5.24. The Balaban J connectivity index is 2.36. The van der Waals surface area contributed by atoms with Crippen LogP contribution in [-0.4, -0.2) is 25.2 Å². The Morgan fingerprint density at radius 1 is 1.24 bits per heavy atom. The average Bonchev–Trinajstić information content (AvgIpc) is 2.36. The van der Waals surface area contributed by atoms with Gasteiger partial charge in [-0.25, -0.2) is 8.42 Å². The molecule has 1 heterocycles. The Bertz CT molecular complexity index is 663. The second-order valence-corrected chi connectivity index (χ2v) is 7.55. The molecule has 1 aliphatic rings. The van der Waals surface area contributed by atoms with Gasteiger partial charge in [-0.05, 0) is 37.5 Å². The van der Waals surface area contributed by atoms with Gasteiger partial charge in [-0.3, -0.25) is 4.79 Å². The fraction of sp³-hybridized carbons (Fsp3) is 0.500. The fourth-order valence-corrected chi connectivity index (χ4v) is 4.41. The van der Waals surface area contributed by atoms with Crippen LogP contribution in [0.1, 0.15) is 40.7 Å². The number of alkyl halides is 3. The first-order chi connectivity index (χ1) is 9.63. The van der Waals surface area contributed by atoms with E-state index in [1.54, 1.807) is 0 Å². The van der Waals surface area contributed by atoms with Crippen LogP contribution in [-0.2, 0) is 16.0 Å². The summed E-state index contributed by atoms with van der Waals surface area (Å²) >= 11 is 0. The predicted octanol–water partition coefficient (Wildman–Crippen LogP) is 3.16. The van der Waals surface area contributed by atoms with E-state index >= 15 is 0 Å². The maximum Gasteiger partial charge on any atom is 0.416 e. The van der Waals surface area contributed by atoms with Gasteiger partial charge in [-0.15, -0.1) is 0 Å². The number of carbonyl (C=O) groups excluding carboxylic acids is 1. The zero-order valence-corrected chi connectivity index (χ0v) is 12.2. The molecule has 1 unspecified atom stereocenters. The van der Waals surface area contributed by atoms with Crippen molar-refractivity contribution in [3.05, 3.63) is 34.9 Å². The molecule has 21 heavy (non-hydrogen) atoms. The Hall–Kier alpha value is -1.37. The number of sulfone groups is 1. The molecule has 1 aromatic carbocycles. The van der Waals surface area contributed by atoms with Gasteiger partial charge in [0, 0.05) is 5.56 Å². The number of ketones is 1. The molecule has 0 aromatic heterocycles. The average molecular weight is 320 g/mol. The summed E-state index contributed by atoms with van der Waals surface area (Å²) in [4.78, 5) is 12.3. The number of hydrogen-bond donors (Lipinski definition) is 0. The van der Waals surface area contributed by atoms with Crippen molar-refractivity contribution in [2.24, 2.45) is 0 Å². The van der Waals surface area contributed by atoms with Crippen LogP contribution < -0.4 is 0 Å². The molecule has 0 radical (unpaired) electrons. The van der Waals surface area contributed by atoms with Gasteiger partial charge in [0.2, 0.25) is 0 Å². The van der Waals surface area contributed by atoms with Gasteiger partial charge in [0.1, 0.15) is 5.25 Å². The first kappa shape index (κ1) is 16.0. The van der Waals surface area contributed by atoms with E-state index in [0.717, 1.165) is 18.2 Å². The van der Waals surface area contributed by atoms with Gasteiger partial charge >= 0.3 is 6.18 Å². The molecule has 7 heteroatoms. The number of aryl methyl sites for hydroxylation is 1. The quantitative estimate of drug-likeness (QED) is 0.787. The largest absolute Gasteiger partial charge is 0.416 e. The van der Waals surface area contributed by atoms with E-state index < -0.39 is 32.6 Å². The minimum Gasteiger partial charge on any atom is -0.293 e. The summed E-state index contributed by atoms with van der Waals surface area (Å²) in [5, 5.41) is -1.12. The summed E-state index contributed by atoms with van der Waals surface area (Å²) in [6.45, 7) is 1.39. The topological polar surface area (TPSA) is 51.2 Å². The smallest absolute Gasteiger partial charge is 0.293 e. The molecule has 2 rings (SSSR count). The Morgan fingerprint density at radius 2 is 1.90 bits per heavy atom. The molecule has 0 amide bonds. The monoisotopic (exact) mass is 320 g/mol. The summed E-state index contributed by atoms with van der Waals surface area (Å²) in [5.74, 6) is -0.635. The number of rotatable bonds is 2. The second kappa shape index (κ2) is 5.44. The van der Waals surface area contributed by atoms with Crippen molar-refractivity contribution < 1.29 is 26.4 Å². The van der Waals surface area contributed by atoms with E-state index in [4.69, 9.17) is 0 Å². The van der Waals surface area contributed by atoms with E-state index in [-0.39, 0.29) is 23.3 Å². The highest BCUT2D eigenvalue weighted by Crippen LogP contribution is 2.31. The van der Waals surface area contributed by atoms with Gasteiger partial charge in [0.05, 0.1) is 11.3 Å². The highest BCUT2D eigenvalue weighted by atomic mass is 32.2. The molecule has 116 valence electrons. The van der Waals surface area contributed by atoms with Crippen molar-refractivity contribution in [1.82, 2.24) is 0 Å². The van der Waals surface area contributed by atoms with Crippen LogP contribution in [0.25, 0.3) is 0 Å². The van der Waals surface area contributed by atoms with E-state index in [9.17, 15) is 26.4 Å². The van der Waals surface area contributed by atoms with Crippen molar-refractivity contribution in [2.45, 2.75) is 37.6 Å². The minimum absolute atomic E-state index is 0.0386. The lowest BCUT2D eigenvalue weighted by Gasteiger charge is -2.22. The molecule has 1 saturated heterocycles. The van der Waals surface area contributed by atoms with Crippen LogP contribution >= 0.6 is 0 Å². The van der Waals surface area contributed by atoms with Crippen molar-refractivity contribution in [2.75, 3.05) is 5.75 Å². The molecular weight excluding hydrogens is 305 g/mol. The molecule has 0 aliphatic carbocycles. The highest BCUT2D eigenvalue weighted by Gasteiger charge is 2.36. The van der Waals surface area contributed by atoms with Crippen molar-refractivity contribution in [1.29, 1.82) is 0 Å². The maximum atomic E-state index is 12.6. The highest BCUT2D eigenvalue weighted by molar-refractivity contribution is 7.92. The summed E-state index contributed by atoms with van der Waals surface area (Å²) in [6, 6.07) is 2.77. The third-order valence-corrected chi connectivity index (χ3v) is 5.86. The number of hydrogen-bond acceptors (Lipinski definition) is 3. The summed E-state index contributed by atoms with van der Waals surface area (Å²) in [5.41, 5.74) is -0.642. The third-order valence-electron chi connectivity index (χ3n) is 3.69. The molecule has 3 nitrogen and oxygen atoms in total. The van der Waals surface area contributed by atoms with Gasteiger partial charge < -0.3 is 0 Å². The summed E-state index contributed by atoms with van der Waals surface area (Å²) in [7, 11) is -3.50. The van der Waals surface area contributed by atoms with Crippen molar-refractivity contribution in [3.8, 4) is 0 Å². The Kier molecular flexibility index (Phi) is 4.15. The zero-order valence-electron chi connectivity index (χ0n) is 11.4. The van der Waals surface area contributed by atoms with E-state index in [2.05, 4.69) is 0 Å². The molecule has 1 fully saturated rings. The first-order valence-electron chi connectivity index (χ1n) is 6.56. The van der Waals surface area contributed by atoms with Crippen molar-refractivity contribution >= 4 is 15.6 Å². The normalized spacial score (nSPS) is 22.0. The first-order valence-corrected chi connectivity index (χ1v) is 8.28. The number of halogens is 3. The van der Waals surface area contributed by atoms with Gasteiger partial charge in [0.15, 0.2) is 15.6 Å². The van der Waals surface area contributed by atoms with E-state index in [1.165, 1.54) is 6.92 Å². The summed E-state index contributed by atoms with van der Waals surface area (Å²) in [6.07, 6.45) is -3.09. The van der Waals surface area contributed by atoms with Crippen LogP contribution in [0.4, 0.5) is 13.2 Å². The third kappa shape index (κ3) is 3.28. The molecule has 0 N–H and O–H groups in total. The number of carbonyl (C=O) groups is 1. The lowest BCUT2D eigenvalue weighted by atomic mass is 9.97. The Labute approximate surface area is 121 Å². The lowest BCUT2D eigenvalue weighted by Crippen LogP contribution is -2.35. The van der Waals surface area contributed by atoms with Crippen LogP contribution in [0, 0.1) is 6.92 Å². The zero-order chi connectivity index (χ0) is 15.8. The van der Waals surface area contributed by atoms with Gasteiger partial charge in [-0.1, -0.05) is 12.5 Å². The number of benzene rings is 1. The van der Waals surface area contributed by atoms with Crippen LogP contribution in [0.5, 0.6) is 0 Å². The Morgan fingerprint density at radius 3 is 2.43 bits per heavy atom. The van der Waals surface area contributed by atoms with Gasteiger partial charge in [-0.2, -0.15) is 13.2 Å². The van der Waals surface area contributed by atoms with Crippen LogP contribution in [0.3, 0.4) is 0 Å². The molecule has 1 aliphatic heterocycles. The molecular formula is C14H15F3O3S. The van der Waals surface area contributed by atoms with Crippen LogP contribution in [0.15, 0.2) is 18.2 Å². The van der Waals surface area contributed by atoms with E-state index in [0.29, 0.717) is 12.8 Å². The molecule has 0 spiro atoms. The van der Waals surface area contributed by atoms with Crippen molar-refractivity contribution in [3.63, 3.8) is 0 Å². The fourth-order valence-electron chi connectivity index (χ4n) is 2.54. The predicted molar refractivity (Wildman–Crippen MR) is 71.9 cm³/mol.